The predicted octanol–water partition coefficient (Wildman–Crippen LogP) is 3.67. The van der Waals surface area contributed by atoms with Crippen LogP contribution >= 0.6 is 15.9 Å². The van der Waals surface area contributed by atoms with Crippen LogP contribution in [0.15, 0.2) is 40.9 Å². The zero-order chi connectivity index (χ0) is 15.4. The van der Waals surface area contributed by atoms with E-state index in [0.29, 0.717) is 34.9 Å². The monoisotopic (exact) mass is 349 g/mol. The molecular weight excluding hydrogens is 334 g/mol. The first-order valence-electron chi connectivity index (χ1n) is 6.47. The molecule has 0 radical (unpaired) electrons. The van der Waals surface area contributed by atoms with Crippen molar-refractivity contribution in [3.05, 3.63) is 52.0 Å². The molecule has 2 rings (SSSR count). The van der Waals surface area contributed by atoms with Crippen LogP contribution in [-0.2, 0) is 0 Å². The van der Waals surface area contributed by atoms with Crippen LogP contribution in [-0.4, -0.2) is 19.5 Å². The van der Waals surface area contributed by atoms with Gasteiger partial charge in [0.05, 0.1) is 18.2 Å². The summed E-state index contributed by atoms with van der Waals surface area (Å²) in [6.45, 7) is 2.47. The smallest absolute Gasteiger partial charge is 0.195 e. The number of benzene rings is 2. The minimum atomic E-state index is -0.157. The van der Waals surface area contributed by atoms with Gasteiger partial charge in [0.1, 0.15) is 11.5 Å². The highest BCUT2D eigenvalue weighted by Gasteiger charge is 2.15. The minimum absolute atomic E-state index is 0.157. The highest BCUT2D eigenvalue weighted by molar-refractivity contribution is 9.10. The molecule has 4 nitrogen and oxygen atoms in total. The van der Waals surface area contributed by atoms with Crippen LogP contribution in [0.25, 0.3) is 0 Å². The molecule has 0 unspecified atom stereocenters. The van der Waals surface area contributed by atoms with Gasteiger partial charge < -0.3 is 15.2 Å². The molecule has 0 saturated heterocycles. The van der Waals surface area contributed by atoms with Gasteiger partial charge in [-0.1, -0.05) is 0 Å². The van der Waals surface area contributed by atoms with Crippen LogP contribution in [0, 0.1) is 0 Å². The van der Waals surface area contributed by atoms with Gasteiger partial charge in [-0.3, -0.25) is 4.79 Å². The second-order valence-electron chi connectivity index (χ2n) is 4.36. The summed E-state index contributed by atoms with van der Waals surface area (Å²) in [5.41, 5.74) is 7.26. The van der Waals surface area contributed by atoms with E-state index in [9.17, 15) is 4.79 Å². The maximum atomic E-state index is 12.6. The van der Waals surface area contributed by atoms with E-state index in [0.717, 1.165) is 4.47 Å². The number of ketones is 1. The zero-order valence-corrected chi connectivity index (χ0v) is 13.4. The highest BCUT2D eigenvalue weighted by atomic mass is 79.9. The average Bonchev–Trinajstić information content (AvgIpc) is 2.49. The summed E-state index contributed by atoms with van der Waals surface area (Å²) in [7, 11) is 1.55. The molecule has 0 heterocycles. The summed E-state index contributed by atoms with van der Waals surface area (Å²) in [6, 6.07) is 10.2. The lowest BCUT2D eigenvalue weighted by atomic mass is 10.0. The van der Waals surface area contributed by atoms with Crippen LogP contribution in [0.2, 0.25) is 0 Å². The Bertz CT molecular complexity index is 671. The third-order valence-corrected chi connectivity index (χ3v) is 3.62. The number of rotatable bonds is 5. The summed E-state index contributed by atoms with van der Waals surface area (Å²) >= 11 is 3.40. The van der Waals surface area contributed by atoms with Crippen LogP contribution in [0.3, 0.4) is 0 Å². The number of halogens is 1. The third kappa shape index (κ3) is 3.36. The van der Waals surface area contributed by atoms with Crippen molar-refractivity contribution in [2.75, 3.05) is 19.5 Å². The molecule has 2 aromatic rings. The maximum absolute atomic E-state index is 12.6. The molecule has 0 saturated carbocycles. The first-order valence-corrected chi connectivity index (χ1v) is 7.26. The summed E-state index contributed by atoms with van der Waals surface area (Å²) in [5, 5.41) is 0. The van der Waals surface area contributed by atoms with Gasteiger partial charge >= 0.3 is 0 Å². The quantitative estimate of drug-likeness (QED) is 0.660. The molecule has 2 aromatic carbocycles. The van der Waals surface area contributed by atoms with Gasteiger partial charge in [0.25, 0.3) is 0 Å². The molecule has 0 aliphatic rings. The Balaban J connectivity index is 2.38. The highest BCUT2D eigenvalue weighted by Crippen LogP contribution is 2.28. The second kappa shape index (κ2) is 6.63. The molecule has 21 heavy (non-hydrogen) atoms. The first-order chi connectivity index (χ1) is 10.1. The van der Waals surface area contributed by atoms with Gasteiger partial charge in [-0.15, -0.1) is 0 Å². The van der Waals surface area contributed by atoms with E-state index in [1.807, 2.05) is 6.92 Å². The van der Waals surface area contributed by atoms with E-state index in [1.54, 1.807) is 43.5 Å². The van der Waals surface area contributed by atoms with Crippen molar-refractivity contribution in [3.63, 3.8) is 0 Å². The standard InChI is InChI=1S/C16H16BrNO3/c1-3-21-15-7-4-10(8-13(15)17)16(19)12-9-11(20-2)5-6-14(12)18/h4-9H,3,18H2,1-2H3. The van der Waals surface area contributed by atoms with Crippen molar-refractivity contribution in [1.82, 2.24) is 0 Å². The molecule has 0 aliphatic heterocycles. The molecule has 5 heteroatoms. The molecule has 0 aliphatic carbocycles. The van der Waals surface area contributed by atoms with Crippen molar-refractivity contribution < 1.29 is 14.3 Å². The molecule has 0 fully saturated rings. The third-order valence-electron chi connectivity index (χ3n) is 3.00. The molecule has 0 amide bonds. The molecule has 0 aromatic heterocycles. The molecule has 0 bridgehead atoms. The minimum Gasteiger partial charge on any atom is -0.497 e. The first kappa shape index (κ1) is 15.4. The van der Waals surface area contributed by atoms with Gasteiger partial charge in [0.15, 0.2) is 5.78 Å². The van der Waals surface area contributed by atoms with Crippen molar-refractivity contribution in [3.8, 4) is 11.5 Å². The largest absolute Gasteiger partial charge is 0.497 e. The fraction of sp³-hybridized carbons (Fsp3) is 0.188. The Kier molecular flexibility index (Phi) is 4.85. The number of hydrogen-bond acceptors (Lipinski definition) is 4. The molecule has 2 N–H and O–H groups in total. The molecule has 110 valence electrons. The van der Waals surface area contributed by atoms with E-state index < -0.39 is 0 Å². The summed E-state index contributed by atoms with van der Waals surface area (Å²) < 4.78 is 11.3. The lowest BCUT2D eigenvalue weighted by Crippen LogP contribution is -2.06. The number of hydrogen-bond donors (Lipinski definition) is 1. The summed E-state index contributed by atoms with van der Waals surface area (Å²) in [5.74, 6) is 1.14. The fourth-order valence-corrected chi connectivity index (χ4v) is 2.42. The lowest BCUT2D eigenvalue weighted by Gasteiger charge is -2.10. The SMILES string of the molecule is CCOc1ccc(C(=O)c2cc(OC)ccc2N)cc1Br. The molecule has 0 spiro atoms. The van der Waals surface area contributed by atoms with Crippen LogP contribution in [0.1, 0.15) is 22.8 Å². The maximum Gasteiger partial charge on any atom is 0.195 e. The summed E-state index contributed by atoms with van der Waals surface area (Å²) in [4.78, 5) is 12.6. The molecular formula is C16H16BrNO3. The van der Waals surface area contributed by atoms with E-state index in [2.05, 4.69) is 15.9 Å². The molecule has 0 atom stereocenters. The Hall–Kier alpha value is -2.01. The average molecular weight is 350 g/mol. The number of methoxy groups -OCH3 is 1. The number of carbonyl (C=O) groups is 1. The van der Waals surface area contributed by atoms with E-state index in [4.69, 9.17) is 15.2 Å². The van der Waals surface area contributed by atoms with E-state index in [1.165, 1.54) is 0 Å². The van der Waals surface area contributed by atoms with Gasteiger partial charge in [0, 0.05) is 16.8 Å². The zero-order valence-electron chi connectivity index (χ0n) is 11.9. The topological polar surface area (TPSA) is 61.5 Å². The Labute approximate surface area is 132 Å². The Morgan fingerprint density at radius 3 is 2.62 bits per heavy atom. The normalized spacial score (nSPS) is 10.2. The number of anilines is 1. The van der Waals surface area contributed by atoms with Gasteiger partial charge in [-0.2, -0.15) is 0 Å². The number of ether oxygens (including phenoxy) is 2. The van der Waals surface area contributed by atoms with Gasteiger partial charge in [-0.05, 0) is 59.3 Å². The summed E-state index contributed by atoms with van der Waals surface area (Å²) in [6.07, 6.45) is 0. The van der Waals surface area contributed by atoms with Crippen molar-refractivity contribution in [2.24, 2.45) is 0 Å². The predicted molar refractivity (Wildman–Crippen MR) is 86.1 cm³/mol. The van der Waals surface area contributed by atoms with E-state index in [-0.39, 0.29) is 5.78 Å². The van der Waals surface area contributed by atoms with E-state index >= 15 is 0 Å². The van der Waals surface area contributed by atoms with Crippen LogP contribution < -0.4 is 15.2 Å². The lowest BCUT2D eigenvalue weighted by molar-refractivity contribution is 0.103. The van der Waals surface area contributed by atoms with Crippen molar-refractivity contribution in [1.29, 1.82) is 0 Å². The second-order valence-corrected chi connectivity index (χ2v) is 5.21. The Morgan fingerprint density at radius 2 is 2.00 bits per heavy atom. The fourth-order valence-electron chi connectivity index (χ4n) is 1.93. The number of nitrogen functional groups attached to an aromatic ring is 1. The number of carbonyl (C=O) groups excluding carboxylic acids is 1. The van der Waals surface area contributed by atoms with Crippen LogP contribution in [0.4, 0.5) is 5.69 Å². The Morgan fingerprint density at radius 1 is 1.24 bits per heavy atom. The van der Waals surface area contributed by atoms with Crippen LogP contribution in [0.5, 0.6) is 11.5 Å². The van der Waals surface area contributed by atoms with Gasteiger partial charge in [0.2, 0.25) is 0 Å². The van der Waals surface area contributed by atoms with Crippen molar-refractivity contribution in [2.45, 2.75) is 6.92 Å². The van der Waals surface area contributed by atoms with Gasteiger partial charge in [-0.25, -0.2) is 0 Å². The number of nitrogens with two attached hydrogens (primary N) is 1. The van der Waals surface area contributed by atoms with Crippen molar-refractivity contribution >= 4 is 27.4 Å².